The molecule has 1 heterocycles. The fraction of sp³-hybridized carbons (Fsp3) is 0.188. The lowest BCUT2D eigenvalue weighted by atomic mass is 10.1. The summed E-state index contributed by atoms with van der Waals surface area (Å²) in [5, 5.41) is 12.6. The zero-order valence-electron chi connectivity index (χ0n) is 12.0. The highest BCUT2D eigenvalue weighted by atomic mass is 16.6. The topological polar surface area (TPSA) is 74.4 Å². The molecule has 3 aromatic rings. The Morgan fingerprint density at radius 2 is 1.91 bits per heavy atom. The number of ether oxygens (including phenoxy) is 1. The van der Waals surface area contributed by atoms with Crippen LogP contribution in [0.5, 0.6) is 0 Å². The Morgan fingerprint density at radius 1 is 1.18 bits per heavy atom. The number of carbonyl (C=O) groups excluding carboxylic acids is 1. The zero-order valence-corrected chi connectivity index (χ0v) is 12.0. The molecule has 6 nitrogen and oxygen atoms in total. The number of nitro benzene ring substituents is 1. The highest BCUT2D eigenvalue weighted by molar-refractivity contribution is 6.09. The van der Waals surface area contributed by atoms with E-state index >= 15 is 0 Å². The second kappa shape index (κ2) is 5.48. The van der Waals surface area contributed by atoms with Gasteiger partial charge >= 0.3 is 5.97 Å². The van der Waals surface area contributed by atoms with Gasteiger partial charge in [0.1, 0.15) is 6.54 Å². The average Bonchev–Trinajstić information content (AvgIpc) is 2.81. The molecule has 0 aliphatic rings. The van der Waals surface area contributed by atoms with Gasteiger partial charge < -0.3 is 9.30 Å². The van der Waals surface area contributed by atoms with Crippen LogP contribution < -0.4 is 0 Å². The molecule has 2 aromatic carbocycles. The Morgan fingerprint density at radius 3 is 2.64 bits per heavy atom. The first-order valence-electron chi connectivity index (χ1n) is 6.93. The molecule has 0 saturated carbocycles. The number of benzene rings is 2. The molecular formula is C16H14N2O4. The molecule has 3 rings (SSSR count). The molecule has 0 aliphatic heterocycles. The fourth-order valence-corrected chi connectivity index (χ4v) is 2.66. The van der Waals surface area contributed by atoms with E-state index in [9.17, 15) is 14.9 Å². The molecule has 0 N–H and O–H groups in total. The molecule has 0 saturated heterocycles. The van der Waals surface area contributed by atoms with E-state index in [1.54, 1.807) is 19.1 Å². The summed E-state index contributed by atoms with van der Waals surface area (Å²) < 4.78 is 6.83. The van der Waals surface area contributed by atoms with Crippen molar-refractivity contribution in [2.24, 2.45) is 0 Å². The summed E-state index contributed by atoms with van der Waals surface area (Å²) in [5.74, 6) is -0.330. The highest BCUT2D eigenvalue weighted by Crippen LogP contribution is 2.31. The van der Waals surface area contributed by atoms with Crippen LogP contribution >= 0.6 is 0 Å². The minimum atomic E-state index is -0.420. The summed E-state index contributed by atoms with van der Waals surface area (Å²) >= 11 is 0. The van der Waals surface area contributed by atoms with Crippen LogP contribution in [0.15, 0.2) is 42.5 Å². The van der Waals surface area contributed by atoms with Gasteiger partial charge in [0.15, 0.2) is 0 Å². The third kappa shape index (κ3) is 2.28. The van der Waals surface area contributed by atoms with Crippen LogP contribution in [-0.4, -0.2) is 22.1 Å². The Hall–Kier alpha value is -2.89. The first kappa shape index (κ1) is 14.1. The molecule has 0 atom stereocenters. The van der Waals surface area contributed by atoms with E-state index in [0.29, 0.717) is 6.61 Å². The maximum Gasteiger partial charge on any atom is 0.325 e. The first-order valence-corrected chi connectivity index (χ1v) is 6.93. The predicted molar refractivity (Wildman–Crippen MR) is 82.7 cm³/mol. The summed E-state index contributed by atoms with van der Waals surface area (Å²) in [5.41, 5.74) is 1.66. The minimum absolute atomic E-state index is 0.0338. The van der Waals surface area contributed by atoms with Crippen molar-refractivity contribution < 1.29 is 14.5 Å². The van der Waals surface area contributed by atoms with Crippen LogP contribution in [0.2, 0.25) is 0 Å². The Labute approximate surface area is 126 Å². The molecular weight excluding hydrogens is 284 g/mol. The Kier molecular flexibility index (Phi) is 3.50. The van der Waals surface area contributed by atoms with E-state index in [1.165, 1.54) is 6.07 Å². The number of carbonyl (C=O) groups is 1. The number of nitro groups is 1. The molecule has 0 amide bonds. The van der Waals surface area contributed by atoms with Crippen molar-refractivity contribution in [2.75, 3.05) is 6.61 Å². The molecule has 0 aliphatic carbocycles. The zero-order chi connectivity index (χ0) is 15.7. The molecule has 0 spiro atoms. The van der Waals surface area contributed by atoms with Crippen molar-refractivity contribution in [1.29, 1.82) is 0 Å². The van der Waals surface area contributed by atoms with Crippen LogP contribution in [0, 0.1) is 10.1 Å². The number of para-hydroxylation sites is 1. The van der Waals surface area contributed by atoms with Gasteiger partial charge in [-0.15, -0.1) is 0 Å². The van der Waals surface area contributed by atoms with Gasteiger partial charge in [-0.2, -0.15) is 0 Å². The smallest absolute Gasteiger partial charge is 0.325 e. The van der Waals surface area contributed by atoms with E-state index in [4.69, 9.17) is 4.74 Å². The predicted octanol–water partition coefficient (Wildman–Crippen LogP) is 3.27. The van der Waals surface area contributed by atoms with Gasteiger partial charge in [-0.25, -0.2) is 0 Å². The lowest BCUT2D eigenvalue weighted by molar-refractivity contribution is -0.384. The molecule has 112 valence electrons. The number of rotatable bonds is 4. The van der Waals surface area contributed by atoms with Crippen LogP contribution in [0.1, 0.15) is 6.92 Å². The fourth-order valence-electron chi connectivity index (χ4n) is 2.66. The summed E-state index contributed by atoms with van der Waals surface area (Å²) in [6.07, 6.45) is 0. The number of nitrogens with zero attached hydrogens (tertiary/aromatic N) is 2. The largest absolute Gasteiger partial charge is 0.465 e. The number of hydrogen-bond donors (Lipinski definition) is 0. The Bertz CT molecular complexity index is 882. The maximum atomic E-state index is 11.8. The summed E-state index contributed by atoms with van der Waals surface area (Å²) in [7, 11) is 0. The maximum absolute atomic E-state index is 11.8. The second-order valence-electron chi connectivity index (χ2n) is 4.87. The van der Waals surface area contributed by atoms with Crippen LogP contribution in [0.3, 0.4) is 0 Å². The van der Waals surface area contributed by atoms with Crippen molar-refractivity contribution in [3.8, 4) is 0 Å². The lowest BCUT2D eigenvalue weighted by Gasteiger charge is -2.06. The lowest BCUT2D eigenvalue weighted by Crippen LogP contribution is -2.13. The van der Waals surface area contributed by atoms with Crippen LogP contribution in [0.4, 0.5) is 5.69 Å². The summed E-state index contributed by atoms with van der Waals surface area (Å²) in [6, 6.07) is 12.2. The normalized spacial score (nSPS) is 11.0. The van der Waals surface area contributed by atoms with Gasteiger partial charge in [-0.3, -0.25) is 14.9 Å². The summed E-state index contributed by atoms with van der Waals surface area (Å²) in [4.78, 5) is 22.4. The van der Waals surface area contributed by atoms with Gasteiger partial charge in [0.2, 0.25) is 0 Å². The average molecular weight is 298 g/mol. The van der Waals surface area contributed by atoms with Gasteiger partial charge in [-0.05, 0) is 19.1 Å². The van der Waals surface area contributed by atoms with Crippen molar-refractivity contribution in [1.82, 2.24) is 4.57 Å². The molecule has 0 radical (unpaired) electrons. The monoisotopic (exact) mass is 298 g/mol. The molecule has 22 heavy (non-hydrogen) atoms. The quantitative estimate of drug-likeness (QED) is 0.421. The molecule has 0 bridgehead atoms. The summed E-state index contributed by atoms with van der Waals surface area (Å²) in [6.45, 7) is 2.16. The van der Waals surface area contributed by atoms with Crippen LogP contribution in [0.25, 0.3) is 21.8 Å². The SMILES string of the molecule is CCOC(=O)Cn1c2ccccc2c2cc([N+](=O)[O-])ccc21. The number of esters is 1. The van der Waals surface area contributed by atoms with Gasteiger partial charge in [0, 0.05) is 28.4 Å². The van der Waals surface area contributed by atoms with Gasteiger partial charge in [-0.1, -0.05) is 18.2 Å². The molecule has 0 fully saturated rings. The number of non-ortho nitro benzene ring substituents is 1. The molecule has 0 unspecified atom stereocenters. The molecule has 1 aromatic heterocycles. The van der Waals surface area contributed by atoms with Crippen LogP contribution in [-0.2, 0) is 16.1 Å². The highest BCUT2D eigenvalue weighted by Gasteiger charge is 2.16. The van der Waals surface area contributed by atoms with Crippen molar-refractivity contribution in [3.63, 3.8) is 0 Å². The minimum Gasteiger partial charge on any atom is -0.465 e. The van der Waals surface area contributed by atoms with Crippen molar-refractivity contribution in [3.05, 3.63) is 52.6 Å². The third-order valence-corrected chi connectivity index (χ3v) is 3.56. The van der Waals surface area contributed by atoms with Gasteiger partial charge in [0.05, 0.1) is 17.0 Å². The third-order valence-electron chi connectivity index (χ3n) is 3.56. The van der Waals surface area contributed by atoms with Crippen molar-refractivity contribution >= 4 is 33.5 Å². The van der Waals surface area contributed by atoms with Gasteiger partial charge in [0.25, 0.3) is 5.69 Å². The number of aromatic nitrogens is 1. The Balaban J connectivity index is 2.24. The van der Waals surface area contributed by atoms with E-state index in [0.717, 1.165) is 21.8 Å². The number of hydrogen-bond acceptors (Lipinski definition) is 4. The number of fused-ring (bicyclic) bond motifs is 3. The van der Waals surface area contributed by atoms with E-state index in [-0.39, 0.29) is 18.2 Å². The standard InChI is InChI=1S/C16H14N2O4/c1-2-22-16(19)10-17-14-6-4-3-5-12(14)13-9-11(18(20)21)7-8-15(13)17/h3-9H,2,10H2,1H3. The molecule has 6 heteroatoms. The van der Waals surface area contributed by atoms with E-state index in [2.05, 4.69) is 0 Å². The van der Waals surface area contributed by atoms with E-state index < -0.39 is 4.92 Å². The van der Waals surface area contributed by atoms with Crippen molar-refractivity contribution in [2.45, 2.75) is 13.5 Å². The first-order chi connectivity index (χ1) is 10.6. The van der Waals surface area contributed by atoms with E-state index in [1.807, 2.05) is 28.8 Å². The second-order valence-corrected chi connectivity index (χ2v) is 4.87.